The van der Waals surface area contributed by atoms with E-state index in [9.17, 15) is 9.90 Å². The number of anilines is 1. The molecule has 1 saturated heterocycles. The van der Waals surface area contributed by atoms with Gasteiger partial charge in [-0.3, -0.25) is 4.79 Å². The fraction of sp³-hybridized carbons (Fsp3) is 0.238. The van der Waals surface area contributed by atoms with Gasteiger partial charge < -0.3 is 15.7 Å². The molecule has 0 spiro atoms. The average molecular weight is 374 g/mol. The molecule has 0 unspecified atom stereocenters. The largest absolute Gasteiger partial charge is 0.382 e. The standard InChI is InChI=1S/C21H19N5O2/c1-26-11-3-9-21(28,20(26)27)10-8-14-4-2-5-15(12-14)16-6-7-17-18(25-16)19(22)24-13-23-17/h2,4-7,12-13,28H,3,9,11H2,1H3,(H2,22,23,24)/t21-/m0/s1/i13D. The minimum absolute atomic E-state index is 0.150. The molecule has 3 heterocycles. The molecule has 0 saturated carbocycles. The number of hydrogen-bond acceptors (Lipinski definition) is 6. The summed E-state index contributed by atoms with van der Waals surface area (Å²) in [7, 11) is 1.67. The summed E-state index contributed by atoms with van der Waals surface area (Å²) in [5, 5.41) is 10.6. The molecule has 1 aliphatic rings. The van der Waals surface area contributed by atoms with Crippen molar-refractivity contribution < 1.29 is 11.3 Å². The minimum Gasteiger partial charge on any atom is -0.382 e. The summed E-state index contributed by atoms with van der Waals surface area (Å²) in [5.74, 6) is 5.46. The zero-order valence-electron chi connectivity index (χ0n) is 16.3. The highest BCUT2D eigenvalue weighted by atomic mass is 16.3. The van der Waals surface area contributed by atoms with Gasteiger partial charge in [-0.1, -0.05) is 24.0 Å². The van der Waals surface area contributed by atoms with Crippen LogP contribution < -0.4 is 5.73 Å². The van der Waals surface area contributed by atoms with Gasteiger partial charge in [0.1, 0.15) is 13.2 Å². The Labute approximate surface area is 163 Å². The third-order valence-corrected chi connectivity index (χ3v) is 4.76. The SMILES string of the molecule is [2H]c1nc(N)c2nc(-c3cccc(C#C[C@@]4(O)CCCN(C)C4=O)c3)ccc2n1. The molecular weight excluding hydrogens is 354 g/mol. The molecule has 7 nitrogen and oxygen atoms in total. The van der Waals surface area contributed by atoms with Crippen molar-refractivity contribution in [3.05, 3.63) is 48.3 Å². The summed E-state index contributed by atoms with van der Waals surface area (Å²) < 4.78 is 7.54. The van der Waals surface area contributed by atoms with Gasteiger partial charge in [0, 0.05) is 24.7 Å². The normalized spacial score (nSPS) is 19.9. The van der Waals surface area contributed by atoms with Crippen LogP contribution in [0.1, 0.15) is 19.8 Å². The van der Waals surface area contributed by atoms with Gasteiger partial charge in [-0.15, -0.1) is 0 Å². The van der Waals surface area contributed by atoms with Crippen LogP contribution in [0.5, 0.6) is 0 Å². The number of likely N-dealkylation sites (tertiary alicyclic amines) is 1. The van der Waals surface area contributed by atoms with E-state index < -0.39 is 5.60 Å². The molecule has 28 heavy (non-hydrogen) atoms. The zero-order valence-corrected chi connectivity index (χ0v) is 15.3. The van der Waals surface area contributed by atoms with Crippen LogP contribution in [0.2, 0.25) is 0 Å². The number of nitrogens with zero attached hydrogens (tertiary/aromatic N) is 4. The second kappa shape index (κ2) is 6.91. The molecule has 4 rings (SSSR count). The summed E-state index contributed by atoms with van der Waals surface area (Å²) in [4.78, 5) is 26.1. The Hall–Kier alpha value is -3.50. The van der Waals surface area contributed by atoms with E-state index in [4.69, 9.17) is 7.10 Å². The van der Waals surface area contributed by atoms with Gasteiger partial charge in [0.2, 0.25) is 5.60 Å². The van der Waals surface area contributed by atoms with E-state index in [1.807, 2.05) is 24.3 Å². The fourth-order valence-electron chi connectivity index (χ4n) is 3.22. The Morgan fingerprint density at radius 2 is 2.18 bits per heavy atom. The first-order chi connectivity index (χ1) is 13.9. The maximum atomic E-state index is 12.3. The number of aromatic nitrogens is 3. The molecule has 7 heteroatoms. The van der Waals surface area contributed by atoms with Crippen molar-refractivity contribution in [1.29, 1.82) is 0 Å². The number of nitrogens with two attached hydrogens (primary N) is 1. The first kappa shape index (κ1) is 16.7. The highest BCUT2D eigenvalue weighted by Crippen LogP contribution is 2.24. The summed E-state index contributed by atoms with van der Waals surface area (Å²) in [5.41, 5.74) is 7.28. The number of pyridine rings is 1. The molecular formula is C21H19N5O2. The van der Waals surface area contributed by atoms with Gasteiger partial charge in [0.25, 0.3) is 5.91 Å². The predicted octanol–water partition coefficient (Wildman–Crippen LogP) is 1.61. The van der Waals surface area contributed by atoms with Gasteiger partial charge in [-0.25, -0.2) is 15.0 Å². The number of carbonyl (C=O) groups excluding carboxylic acids is 1. The zero-order chi connectivity index (χ0) is 20.6. The van der Waals surface area contributed by atoms with Crippen LogP contribution >= 0.6 is 0 Å². The number of aliphatic hydroxyl groups is 1. The molecule has 1 aliphatic heterocycles. The molecule has 140 valence electrons. The van der Waals surface area contributed by atoms with Crippen molar-refractivity contribution >= 4 is 22.8 Å². The number of carbonyl (C=O) groups is 1. The van der Waals surface area contributed by atoms with Crippen molar-refractivity contribution in [2.45, 2.75) is 18.4 Å². The maximum absolute atomic E-state index is 12.3. The van der Waals surface area contributed by atoms with E-state index in [2.05, 4.69) is 26.8 Å². The van der Waals surface area contributed by atoms with Gasteiger partial charge in [-0.05, 0) is 37.1 Å². The summed E-state index contributed by atoms with van der Waals surface area (Å²) in [6.45, 7) is 0.625. The number of amides is 1. The first-order valence-corrected chi connectivity index (χ1v) is 8.88. The van der Waals surface area contributed by atoms with Gasteiger partial charge in [0.05, 0.1) is 11.2 Å². The Morgan fingerprint density at radius 3 is 3.04 bits per heavy atom. The molecule has 0 aliphatic carbocycles. The van der Waals surface area contributed by atoms with Gasteiger partial charge in [-0.2, -0.15) is 0 Å². The molecule has 1 amide bonds. The van der Waals surface area contributed by atoms with E-state index in [0.29, 0.717) is 41.7 Å². The van der Waals surface area contributed by atoms with Crippen LogP contribution in [-0.2, 0) is 4.79 Å². The second-order valence-corrected chi connectivity index (χ2v) is 6.79. The number of benzene rings is 1. The van der Waals surface area contributed by atoms with Crippen LogP contribution in [0.25, 0.3) is 22.3 Å². The van der Waals surface area contributed by atoms with E-state index in [1.165, 1.54) is 4.90 Å². The van der Waals surface area contributed by atoms with Crippen LogP contribution in [0.3, 0.4) is 0 Å². The Morgan fingerprint density at radius 1 is 1.32 bits per heavy atom. The fourth-order valence-corrected chi connectivity index (χ4v) is 3.22. The van der Waals surface area contributed by atoms with Crippen molar-refractivity contribution in [3.63, 3.8) is 0 Å². The lowest BCUT2D eigenvalue weighted by Crippen LogP contribution is -2.51. The lowest BCUT2D eigenvalue weighted by Gasteiger charge is -2.32. The Balaban J connectivity index is 1.68. The molecule has 2 aromatic heterocycles. The van der Waals surface area contributed by atoms with Crippen LogP contribution in [0, 0.1) is 11.8 Å². The molecule has 3 N–H and O–H groups in total. The number of fused-ring (bicyclic) bond motifs is 1. The lowest BCUT2D eigenvalue weighted by atomic mass is 9.92. The lowest BCUT2D eigenvalue weighted by molar-refractivity contribution is -0.148. The highest BCUT2D eigenvalue weighted by Gasteiger charge is 2.39. The van der Waals surface area contributed by atoms with E-state index in [1.54, 1.807) is 19.2 Å². The van der Waals surface area contributed by atoms with Gasteiger partial charge >= 0.3 is 0 Å². The minimum atomic E-state index is -1.65. The van der Waals surface area contributed by atoms with Gasteiger partial charge in [0.15, 0.2) is 5.82 Å². The highest BCUT2D eigenvalue weighted by molar-refractivity contribution is 5.89. The van der Waals surface area contributed by atoms with Crippen molar-refractivity contribution in [1.82, 2.24) is 19.9 Å². The van der Waals surface area contributed by atoms with Crippen LogP contribution in [-0.4, -0.2) is 50.1 Å². The third kappa shape index (κ3) is 3.26. The van der Waals surface area contributed by atoms with Crippen molar-refractivity contribution in [2.75, 3.05) is 19.3 Å². The monoisotopic (exact) mass is 374 g/mol. The summed E-state index contributed by atoms with van der Waals surface area (Å²) in [6, 6.07) is 10.9. The number of piperidine rings is 1. The predicted molar refractivity (Wildman–Crippen MR) is 106 cm³/mol. The Kier molecular flexibility index (Phi) is 4.11. The first-order valence-electron chi connectivity index (χ1n) is 9.38. The molecule has 1 fully saturated rings. The van der Waals surface area contributed by atoms with E-state index in [0.717, 1.165) is 5.56 Å². The van der Waals surface area contributed by atoms with E-state index in [-0.39, 0.29) is 18.0 Å². The number of nitrogen functional groups attached to an aromatic ring is 1. The number of likely N-dealkylation sites (N-methyl/N-ethyl adjacent to an activating group) is 1. The third-order valence-electron chi connectivity index (χ3n) is 4.76. The smallest absolute Gasteiger partial charge is 0.267 e. The van der Waals surface area contributed by atoms with Crippen molar-refractivity contribution in [3.8, 4) is 23.1 Å². The summed E-state index contributed by atoms with van der Waals surface area (Å²) >= 11 is 0. The average Bonchev–Trinajstić information content (AvgIpc) is 2.70. The maximum Gasteiger partial charge on any atom is 0.267 e. The second-order valence-electron chi connectivity index (χ2n) is 6.79. The van der Waals surface area contributed by atoms with Crippen molar-refractivity contribution in [2.24, 2.45) is 0 Å². The number of hydrogen-bond donors (Lipinski definition) is 2. The molecule has 0 radical (unpaired) electrons. The topological polar surface area (TPSA) is 105 Å². The summed E-state index contributed by atoms with van der Waals surface area (Å²) in [6.07, 6.45) is 0.882. The van der Waals surface area contributed by atoms with Crippen LogP contribution in [0.4, 0.5) is 5.82 Å². The van der Waals surface area contributed by atoms with E-state index >= 15 is 0 Å². The van der Waals surface area contributed by atoms with Crippen LogP contribution in [0.15, 0.2) is 42.7 Å². The molecule has 1 aromatic carbocycles. The quantitative estimate of drug-likeness (QED) is 0.627. The number of rotatable bonds is 1. The molecule has 3 aromatic rings. The molecule has 0 bridgehead atoms. The Bertz CT molecular complexity index is 1190. The molecule has 1 atom stereocenters.